The van der Waals surface area contributed by atoms with Crippen LogP contribution < -0.4 is 14.8 Å². The van der Waals surface area contributed by atoms with Gasteiger partial charge in [-0.3, -0.25) is 4.79 Å². The van der Waals surface area contributed by atoms with Gasteiger partial charge in [-0.2, -0.15) is 0 Å². The average molecular weight is 409 g/mol. The Balaban J connectivity index is 1.70. The summed E-state index contributed by atoms with van der Waals surface area (Å²) in [6.45, 7) is -0.409. The van der Waals surface area contributed by atoms with Crippen molar-refractivity contribution in [1.82, 2.24) is 0 Å². The van der Waals surface area contributed by atoms with Crippen molar-refractivity contribution in [2.24, 2.45) is 0 Å². The summed E-state index contributed by atoms with van der Waals surface area (Å²) in [5.74, 6) is -0.877. The van der Waals surface area contributed by atoms with Crippen molar-refractivity contribution < 1.29 is 28.2 Å². The van der Waals surface area contributed by atoms with E-state index in [1.165, 1.54) is 31.4 Å². The Hall–Kier alpha value is -3.87. The van der Waals surface area contributed by atoms with E-state index in [2.05, 4.69) is 5.32 Å². The summed E-state index contributed by atoms with van der Waals surface area (Å²) in [5, 5.41) is 2.62. The van der Waals surface area contributed by atoms with Gasteiger partial charge in [0.05, 0.1) is 7.11 Å². The fourth-order valence-electron chi connectivity index (χ4n) is 2.68. The lowest BCUT2D eigenvalue weighted by Gasteiger charge is -2.18. The number of rotatable bonds is 8. The number of carbonyl (C=O) groups is 2. The highest BCUT2D eigenvalue weighted by Crippen LogP contribution is 2.26. The Morgan fingerprint density at radius 3 is 2.20 bits per heavy atom. The van der Waals surface area contributed by atoms with Crippen LogP contribution in [0.15, 0.2) is 78.9 Å². The number of ether oxygens (including phenoxy) is 3. The first-order valence-corrected chi connectivity index (χ1v) is 9.13. The molecule has 3 aromatic carbocycles. The van der Waals surface area contributed by atoms with Crippen molar-refractivity contribution >= 4 is 17.6 Å². The third kappa shape index (κ3) is 5.57. The van der Waals surface area contributed by atoms with E-state index in [4.69, 9.17) is 14.2 Å². The van der Waals surface area contributed by atoms with Crippen LogP contribution in [-0.2, 0) is 14.3 Å². The van der Waals surface area contributed by atoms with Crippen LogP contribution in [0, 0.1) is 5.82 Å². The summed E-state index contributed by atoms with van der Waals surface area (Å²) in [7, 11) is 1.49. The van der Waals surface area contributed by atoms with Gasteiger partial charge in [0.2, 0.25) is 6.10 Å². The Bertz CT molecular complexity index is 992. The van der Waals surface area contributed by atoms with E-state index in [1.54, 1.807) is 54.6 Å². The van der Waals surface area contributed by atoms with Gasteiger partial charge in [0.15, 0.2) is 18.1 Å². The zero-order valence-electron chi connectivity index (χ0n) is 16.2. The summed E-state index contributed by atoms with van der Waals surface area (Å²) < 4.78 is 29.1. The molecule has 0 aliphatic heterocycles. The second-order valence-corrected chi connectivity index (χ2v) is 6.22. The largest absolute Gasteiger partial charge is 0.493 e. The summed E-state index contributed by atoms with van der Waals surface area (Å²) in [6.07, 6.45) is -1.20. The number of amides is 1. The van der Waals surface area contributed by atoms with Crippen LogP contribution in [0.1, 0.15) is 11.7 Å². The number of hydrogen-bond acceptors (Lipinski definition) is 5. The molecule has 1 N–H and O–H groups in total. The molecule has 154 valence electrons. The van der Waals surface area contributed by atoms with E-state index in [9.17, 15) is 14.0 Å². The molecule has 0 saturated heterocycles. The zero-order valence-corrected chi connectivity index (χ0v) is 16.2. The molecule has 0 unspecified atom stereocenters. The number of nitrogens with one attached hydrogen (secondary N) is 1. The summed E-state index contributed by atoms with van der Waals surface area (Å²) >= 11 is 0. The van der Waals surface area contributed by atoms with E-state index in [0.29, 0.717) is 22.7 Å². The smallest absolute Gasteiger partial charge is 0.345 e. The Labute approximate surface area is 173 Å². The average Bonchev–Trinajstić information content (AvgIpc) is 2.78. The minimum atomic E-state index is -1.20. The van der Waals surface area contributed by atoms with Gasteiger partial charge in [0.25, 0.3) is 5.91 Å². The molecular weight excluding hydrogens is 389 g/mol. The number of methoxy groups -OCH3 is 1. The lowest BCUT2D eigenvalue weighted by molar-refractivity contribution is -0.156. The van der Waals surface area contributed by atoms with Crippen molar-refractivity contribution in [2.45, 2.75) is 6.10 Å². The molecule has 3 aromatic rings. The maximum Gasteiger partial charge on any atom is 0.345 e. The number of para-hydroxylation sites is 2. The van der Waals surface area contributed by atoms with Gasteiger partial charge in [-0.1, -0.05) is 42.5 Å². The van der Waals surface area contributed by atoms with Crippen LogP contribution in [0.2, 0.25) is 0 Å². The first-order chi connectivity index (χ1) is 14.6. The minimum Gasteiger partial charge on any atom is -0.493 e. The number of carbonyl (C=O) groups excluding carboxylic acids is 2. The van der Waals surface area contributed by atoms with E-state index < -0.39 is 30.4 Å². The van der Waals surface area contributed by atoms with E-state index in [0.717, 1.165) is 0 Å². The first-order valence-electron chi connectivity index (χ1n) is 9.13. The van der Waals surface area contributed by atoms with Crippen molar-refractivity contribution in [3.05, 3.63) is 90.2 Å². The van der Waals surface area contributed by atoms with Crippen LogP contribution in [0.25, 0.3) is 0 Å². The second kappa shape index (κ2) is 10.1. The van der Waals surface area contributed by atoms with Gasteiger partial charge < -0.3 is 19.5 Å². The number of halogens is 1. The lowest BCUT2D eigenvalue weighted by atomic mass is 10.1. The van der Waals surface area contributed by atoms with Gasteiger partial charge in [-0.15, -0.1) is 0 Å². The van der Waals surface area contributed by atoms with E-state index in [1.807, 2.05) is 0 Å². The van der Waals surface area contributed by atoms with E-state index in [-0.39, 0.29) is 0 Å². The molecular formula is C23H20FNO5. The number of hydrogen-bond donors (Lipinski definition) is 1. The van der Waals surface area contributed by atoms with E-state index >= 15 is 0 Å². The quantitative estimate of drug-likeness (QED) is 0.566. The Morgan fingerprint density at radius 2 is 1.53 bits per heavy atom. The molecule has 0 aliphatic rings. The maximum atomic E-state index is 13.1. The molecule has 0 aliphatic carbocycles. The molecule has 0 spiro atoms. The minimum absolute atomic E-state index is 0.378. The fraction of sp³-hybridized carbons (Fsp3) is 0.130. The predicted molar refractivity (Wildman–Crippen MR) is 109 cm³/mol. The highest BCUT2D eigenvalue weighted by Gasteiger charge is 2.25. The Kier molecular flexibility index (Phi) is 7.00. The molecule has 30 heavy (non-hydrogen) atoms. The van der Waals surface area contributed by atoms with Crippen LogP contribution in [-0.4, -0.2) is 25.6 Å². The van der Waals surface area contributed by atoms with Gasteiger partial charge in [-0.25, -0.2) is 9.18 Å². The Morgan fingerprint density at radius 1 is 0.900 bits per heavy atom. The number of benzene rings is 3. The number of esters is 1. The van der Waals surface area contributed by atoms with Crippen LogP contribution in [0.4, 0.5) is 10.1 Å². The lowest BCUT2D eigenvalue weighted by Crippen LogP contribution is -2.28. The standard InChI is InChI=1S/C23H20FNO5/c1-28-19-9-5-6-10-20(19)29-15-21(26)30-22(16-7-3-2-4-8-16)23(27)25-18-13-11-17(24)12-14-18/h2-14,22H,15H2,1H3,(H,25,27)/t22-/m1/s1. The highest BCUT2D eigenvalue weighted by atomic mass is 19.1. The van der Waals surface area contributed by atoms with Gasteiger partial charge in [0.1, 0.15) is 5.82 Å². The molecule has 7 heteroatoms. The van der Waals surface area contributed by atoms with Crippen LogP contribution >= 0.6 is 0 Å². The third-order valence-electron chi connectivity index (χ3n) is 4.12. The first kappa shape index (κ1) is 20.9. The predicted octanol–water partition coefficient (Wildman–Crippen LogP) is 4.14. The molecule has 0 bridgehead atoms. The fourth-order valence-corrected chi connectivity index (χ4v) is 2.68. The summed E-state index contributed by atoms with van der Waals surface area (Å²) in [5.41, 5.74) is 0.867. The van der Waals surface area contributed by atoms with Crippen molar-refractivity contribution in [3.8, 4) is 11.5 Å². The van der Waals surface area contributed by atoms with Crippen molar-refractivity contribution in [1.29, 1.82) is 0 Å². The van der Waals surface area contributed by atoms with Crippen LogP contribution in [0.3, 0.4) is 0 Å². The molecule has 3 rings (SSSR count). The van der Waals surface area contributed by atoms with Gasteiger partial charge >= 0.3 is 5.97 Å². The molecule has 0 saturated carbocycles. The third-order valence-corrected chi connectivity index (χ3v) is 4.12. The number of anilines is 1. The molecule has 1 amide bonds. The summed E-state index contributed by atoms with van der Waals surface area (Å²) in [6, 6.07) is 20.7. The van der Waals surface area contributed by atoms with Crippen molar-refractivity contribution in [3.63, 3.8) is 0 Å². The topological polar surface area (TPSA) is 73.9 Å². The monoisotopic (exact) mass is 409 g/mol. The zero-order chi connectivity index (χ0) is 21.3. The highest BCUT2D eigenvalue weighted by molar-refractivity contribution is 5.96. The summed E-state index contributed by atoms with van der Waals surface area (Å²) in [4.78, 5) is 25.1. The normalized spacial score (nSPS) is 11.3. The molecule has 0 heterocycles. The molecule has 0 radical (unpaired) electrons. The molecule has 0 aromatic heterocycles. The molecule has 0 fully saturated rings. The van der Waals surface area contributed by atoms with Crippen molar-refractivity contribution in [2.75, 3.05) is 19.0 Å². The van der Waals surface area contributed by atoms with Crippen LogP contribution in [0.5, 0.6) is 11.5 Å². The molecule has 1 atom stereocenters. The maximum absolute atomic E-state index is 13.1. The SMILES string of the molecule is COc1ccccc1OCC(=O)O[C@@H](C(=O)Nc1ccc(F)cc1)c1ccccc1. The second-order valence-electron chi connectivity index (χ2n) is 6.22. The molecule has 6 nitrogen and oxygen atoms in total. The van der Waals surface area contributed by atoms with Gasteiger partial charge in [0, 0.05) is 11.3 Å². The van der Waals surface area contributed by atoms with Gasteiger partial charge in [-0.05, 0) is 36.4 Å².